The van der Waals surface area contributed by atoms with Gasteiger partial charge in [0.2, 0.25) is 6.29 Å². The summed E-state index contributed by atoms with van der Waals surface area (Å²) in [4.78, 5) is 10.8. The van der Waals surface area contributed by atoms with Crippen LogP contribution in [0.25, 0.3) is 0 Å². The Hall–Kier alpha value is -0.690. The molecule has 2 aliphatic heterocycles. The highest BCUT2D eigenvalue weighted by Gasteiger charge is 2.32. The van der Waals surface area contributed by atoms with Crippen molar-refractivity contribution in [3.8, 4) is 0 Å². The molecule has 2 saturated heterocycles. The Morgan fingerprint density at radius 3 is 3.13 bits per heavy atom. The van der Waals surface area contributed by atoms with E-state index in [1.54, 1.807) is 0 Å². The lowest BCUT2D eigenvalue weighted by Gasteiger charge is -2.16. The fraction of sp³-hybridized carbons (Fsp3) is 0.889. The topological polar surface area (TPSA) is 79.8 Å². The van der Waals surface area contributed by atoms with Crippen molar-refractivity contribution in [3.05, 3.63) is 0 Å². The molecular formula is C9H16N2O4. The first kappa shape index (κ1) is 10.8. The molecule has 0 spiro atoms. The summed E-state index contributed by atoms with van der Waals surface area (Å²) in [6.45, 7) is 1.30. The van der Waals surface area contributed by atoms with Crippen molar-refractivity contribution in [2.75, 3.05) is 13.3 Å². The zero-order valence-electron chi connectivity index (χ0n) is 8.44. The lowest BCUT2D eigenvalue weighted by Crippen LogP contribution is -2.39. The second-order valence-corrected chi connectivity index (χ2v) is 3.79. The summed E-state index contributed by atoms with van der Waals surface area (Å²) < 4.78 is 10.0. The van der Waals surface area contributed by atoms with Gasteiger partial charge in [-0.1, -0.05) is 0 Å². The molecule has 2 aliphatic rings. The van der Waals surface area contributed by atoms with Crippen LogP contribution >= 0.6 is 0 Å². The number of aliphatic hydroxyl groups excluding tert-OH is 1. The van der Waals surface area contributed by atoms with Gasteiger partial charge in [0, 0.05) is 0 Å². The van der Waals surface area contributed by atoms with Gasteiger partial charge in [-0.3, -0.25) is 15.4 Å². The number of carbonyl (C=O) groups excluding carboxylic acids is 1. The van der Waals surface area contributed by atoms with E-state index in [1.807, 2.05) is 0 Å². The molecule has 15 heavy (non-hydrogen) atoms. The molecule has 2 heterocycles. The second kappa shape index (κ2) is 4.89. The van der Waals surface area contributed by atoms with Gasteiger partial charge in [-0.25, -0.2) is 0 Å². The van der Waals surface area contributed by atoms with Crippen LogP contribution in [0.15, 0.2) is 0 Å². The van der Waals surface area contributed by atoms with Crippen LogP contribution < -0.4 is 10.6 Å². The van der Waals surface area contributed by atoms with E-state index >= 15 is 0 Å². The molecule has 6 nitrogen and oxygen atoms in total. The number of ether oxygens (including phenoxy) is 2. The predicted octanol–water partition coefficient (Wildman–Crippen LogP) is -1.11. The van der Waals surface area contributed by atoms with E-state index < -0.39 is 6.29 Å². The Balaban J connectivity index is 1.63. The minimum absolute atomic E-state index is 0.0904. The maximum Gasteiger partial charge on any atom is 0.309 e. The normalized spacial score (nSPS) is 35.8. The van der Waals surface area contributed by atoms with E-state index in [9.17, 15) is 9.90 Å². The molecule has 0 saturated carbocycles. The molecule has 0 bridgehead atoms. The number of carbonyl (C=O) groups is 1. The molecular weight excluding hydrogens is 200 g/mol. The van der Waals surface area contributed by atoms with Gasteiger partial charge in [-0.05, 0) is 19.4 Å². The Kier molecular flexibility index (Phi) is 3.53. The Labute approximate surface area is 87.9 Å². The number of rotatable bonds is 4. The van der Waals surface area contributed by atoms with Crippen LogP contribution in [0.2, 0.25) is 0 Å². The van der Waals surface area contributed by atoms with E-state index in [0.717, 1.165) is 19.4 Å². The monoisotopic (exact) mass is 216 g/mol. The maximum atomic E-state index is 10.8. The quantitative estimate of drug-likeness (QED) is 0.408. The summed E-state index contributed by atoms with van der Waals surface area (Å²) in [6, 6.07) is -0.348. The van der Waals surface area contributed by atoms with E-state index in [4.69, 9.17) is 4.74 Å². The van der Waals surface area contributed by atoms with Gasteiger partial charge in [-0.2, -0.15) is 0 Å². The molecule has 3 N–H and O–H groups in total. The van der Waals surface area contributed by atoms with Gasteiger partial charge in [0.1, 0.15) is 6.23 Å². The van der Waals surface area contributed by atoms with Gasteiger partial charge >= 0.3 is 5.97 Å². The van der Waals surface area contributed by atoms with E-state index in [-0.39, 0.29) is 24.7 Å². The minimum atomic E-state index is -1.04. The highest BCUT2D eigenvalue weighted by molar-refractivity contribution is 5.72. The van der Waals surface area contributed by atoms with E-state index in [1.165, 1.54) is 0 Å². The van der Waals surface area contributed by atoms with Gasteiger partial charge in [0.25, 0.3) is 0 Å². The smallest absolute Gasteiger partial charge is 0.309 e. The van der Waals surface area contributed by atoms with Crippen molar-refractivity contribution < 1.29 is 19.4 Å². The molecule has 0 aromatic rings. The molecule has 0 amide bonds. The number of hydrogen-bond acceptors (Lipinski definition) is 6. The van der Waals surface area contributed by atoms with Crippen molar-refractivity contribution >= 4 is 5.97 Å². The van der Waals surface area contributed by atoms with E-state index in [0.29, 0.717) is 6.73 Å². The zero-order chi connectivity index (χ0) is 10.7. The van der Waals surface area contributed by atoms with Crippen LogP contribution in [0.4, 0.5) is 0 Å². The third-order valence-electron chi connectivity index (χ3n) is 2.63. The summed E-state index contributed by atoms with van der Waals surface area (Å²) in [5, 5.41) is 15.4. The van der Waals surface area contributed by atoms with Crippen molar-refractivity contribution in [3.63, 3.8) is 0 Å². The first-order valence-corrected chi connectivity index (χ1v) is 5.21. The lowest BCUT2D eigenvalue weighted by atomic mass is 10.2. The van der Waals surface area contributed by atoms with Gasteiger partial charge in [0.15, 0.2) is 0 Å². The average Bonchev–Trinajstić information content (AvgIpc) is 2.77. The fourth-order valence-corrected chi connectivity index (χ4v) is 1.77. The summed E-state index contributed by atoms with van der Waals surface area (Å²) in [5.74, 6) is -0.376. The molecule has 3 atom stereocenters. The number of hydrogen-bond donors (Lipinski definition) is 3. The van der Waals surface area contributed by atoms with Crippen LogP contribution in [0, 0.1) is 0 Å². The third-order valence-corrected chi connectivity index (χ3v) is 2.63. The van der Waals surface area contributed by atoms with Crippen molar-refractivity contribution in [2.45, 2.75) is 37.8 Å². The van der Waals surface area contributed by atoms with Crippen LogP contribution in [0.5, 0.6) is 0 Å². The molecule has 0 aliphatic carbocycles. The Morgan fingerprint density at radius 2 is 2.53 bits per heavy atom. The minimum Gasteiger partial charge on any atom is -0.434 e. The highest BCUT2D eigenvalue weighted by Crippen LogP contribution is 2.12. The number of aliphatic hydroxyl groups is 1. The van der Waals surface area contributed by atoms with Crippen molar-refractivity contribution in [1.82, 2.24) is 10.6 Å². The van der Waals surface area contributed by atoms with Crippen LogP contribution in [0.1, 0.15) is 19.3 Å². The molecule has 0 radical (unpaired) electrons. The molecule has 0 aromatic carbocycles. The van der Waals surface area contributed by atoms with Crippen molar-refractivity contribution in [1.29, 1.82) is 0 Å². The van der Waals surface area contributed by atoms with Gasteiger partial charge in [-0.15, -0.1) is 0 Å². The summed E-state index contributed by atoms with van der Waals surface area (Å²) in [6.07, 6.45) is 1.37. The Morgan fingerprint density at radius 1 is 1.67 bits per heavy atom. The van der Waals surface area contributed by atoms with Gasteiger partial charge in [0.05, 0.1) is 19.2 Å². The first-order valence-electron chi connectivity index (χ1n) is 5.21. The summed E-state index contributed by atoms with van der Waals surface area (Å²) >= 11 is 0. The first-order chi connectivity index (χ1) is 7.25. The lowest BCUT2D eigenvalue weighted by molar-refractivity contribution is -0.155. The number of esters is 1. The van der Waals surface area contributed by atoms with Crippen molar-refractivity contribution in [2.24, 2.45) is 0 Å². The number of nitrogens with one attached hydrogen (secondary N) is 2. The van der Waals surface area contributed by atoms with Crippen LogP contribution in [-0.2, 0) is 14.3 Å². The SMILES string of the molecule is O=C1C[C@H](NCOC2CCCN2)[C@H](O)O1. The molecule has 86 valence electrons. The fourth-order valence-electron chi connectivity index (χ4n) is 1.77. The summed E-state index contributed by atoms with van der Waals surface area (Å²) in [7, 11) is 0. The molecule has 2 rings (SSSR count). The van der Waals surface area contributed by atoms with Crippen LogP contribution in [-0.4, -0.2) is 42.9 Å². The second-order valence-electron chi connectivity index (χ2n) is 3.79. The highest BCUT2D eigenvalue weighted by atomic mass is 16.6. The number of cyclic esters (lactones) is 1. The standard InChI is InChI=1S/C9H16N2O4/c12-8-4-6(9(13)15-8)11-5-14-7-2-1-3-10-7/h6-7,9-11,13H,1-5H2/t6-,7?,9+/m0/s1. The third kappa shape index (κ3) is 2.88. The molecule has 6 heteroatoms. The molecule has 1 unspecified atom stereocenters. The van der Waals surface area contributed by atoms with Gasteiger partial charge < -0.3 is 14.6 Å². The molecule has 0 aromatic heterocycles. The summed E-state index contributed by atoms with van der Waals surface area (Å²) in [5.41, 5.74) is 0. The molecule has 2 fully saturated rings. The van der Waals surface area contributed by atoms with Crippen LogP contribution in [0.3, 0.4) is 0 Å². The van der Waals surface area contributed by atoms with E-state index in [2.05, 4.69) is 15.4 Å². The Bertz CT molecular complexity index is 230. The zero-order valence-corrected chi connectivity index (χ0v) is 8.44. The maximum absolute atomic E-state index is 10.8. The average molecular weight is 216 g/mol. The largest absolute Gasteiger partial charge is 0.434 e. The predicted molar refractivity (Wildman–Crippen MR) is 50.6 cm³/mol.